The molecule has 1 saturated carbocycles. The number of amidine groups is 1. The predicted octanol–water partition coefficient (Wildman–Crippen LogP) is 3.39. The topological polar surface area (TPSA) is 67.8 Å². The molecular formula is C14H19ClN2O2. The van der Waals surface area contributed by atoms with Crippen molar-refractivity contribution < 1.29 is 9.94 Å². The number of oxime groups is 1. The van der Waals surface area contributed by atoms with E-state index in [0.717, 1.165) is 18.8 Å². The molecule has 0 aromatic heterocycles. The van der Waals surface area contributed by atoms with Crippen LogP contribution in [0.3, 0.4) is 0 Å². The van der Waals surface area contributed by atoms with Crippen molar-refractivity contribution in [3.8, 4) is 5.75 Å². The largest absolute Gasteiger partial charge is 0.490 e. The van der Waals surface area contributed by atoms with Gasteiger partial charge in [0.25, 0.3) is 0 Å². The molecule has 0 atom stereocenters. The molecule has 0 radical (unpaired) electrons. The van der Waals surface area contributed by atoms with Crippen molar-refractivity contribution >= 4 is 17.4 Å². The lowest BCUT2D eigenvalue weighted by Crippen LogP contribution is -2.25. The minimum Gasteiger partial charge on any atom is -0.490 e. The summed E-state index contributed by atoms with van der Waals surface area (Å²) in [6.07, 6.45) is 4.58. The van der Waals surface area contributed by atoms with Crippen LogP contribution in [0.2, 0.25) is 5.02 Å². The first-order valence-electron chi connectivity index (χ1n) is 6.55. The lowest BCUT2D eigenvalue weighted by Gasteiger charge is -2.27. The summed E-state index contributed by atoms with van der Waals surface area (Å²) in [5, 5.41) is 12.3. The second-order valence-electron chi connectivity index (χ2n) is 5.10. The summed E-state index contributed by atoms with van der Waals surface area (Å²) < 4.78 is 5.98. The van der Waals surface area contributed by atoms with E-state index >= 15 is 0 Å². The van der Waals surface area contributed by atoms with E-state index in [2.05, 4.69) is 12.1 Å². The summed E-state index contributed by atoms with van der Waals surface area (Å²) in [6, 6.07) is 5.30. The number of benzene rings is 1. The first-order chi connectivity index (χ1) is 9.11. The molecule has 1 fully saturated rings. The quantitative estimate of drug-likeness (QED) is 0.386. The fourth-order valence-corrected chi connectivity index (χ4v) is 2.69. The first-order valence-corrected chi connectivity index (χ1v) is 6.92. The van der Waals surface area contributed by atoms with Gasteiger partial charge in [-0.05, 0) is 43.7 Å². The van der Waals surface area contributed by atoms with Crippen LogP contribution in [0.1, 0.15) is 38.2 Å². The lowest BCUT2D eigenvalue weighted by molar-refractivity contribution is 0.135. The SMILES string of the molecule is CC1CCC(Oc2cccc(Cl)c2C(N)=NO)CC1. The zero-order valence-electron chi connectivity index (χ0n) is 11.0. The lowest BCUT2D eigenvalue weighted by atomic mass is 9.89. The summed E-state index contributed by atoms with van der Waals surface area (Å²) in [4.78, 5) is 0. The van der Waals surface area contributed by atoms with Crippen LogP contribution >= 0.6 is 11.6 Å². The van der Waals surface area contributed by atoms with Crippen LogP contribution in [-0.4, -0.2) is 17.1 Å². The molecule has 104 valence electrons. The Hall–Kier alpha value is -1.42. The van der Waals surface area contributed by atoms with E-state index in [-0.39, 0.29) is 11.9 Å². The van der Waals surface area contributed by atoms with Crippen LogP contribution in [0, 0.1) is 5.92 Å². The van der Waals surface area contributed by atoms with E-state index in [4.69, 9.17) is 27.3 Å². The highest BCUT2D eigenvalue weighted by Crippen LogP contribution is 2.31. The molecule has 2 rings (SSSR count). The third kappa shape index (κ3) is 3.32. The molecule has 1 aromatic carbocycles. The standard InChI is InChI=1S/C14H19ClN2O2/c1-9-5-7-10(8-6-9)19-12-4-2-3-11(15)13(12)14(16)17-18/h2-4,9-10,18H,5-8H2,1H3,(H2,16,17). The van der Waals surface area contributed by atoms with Crippen molar-refractivity contribution in [3.05, 3.63) is 28.8 Å². The van der Waals surface area contributed by atoms with Crippen molar-refractivity contribution in [1.29, 1.82) is 0 Å². The average Bonchev–Trinajstić information content (AvgIpc) is 2.41. The van der Waals surface area contributed by atoms with Gasteiger partial charge in [-0.25, -0.2) is 0 Å². The van der Waals surface area contributed by atoms with Crippen LogP contribution < -0.4 is 10.5 Å². The molecule has 4 nitrogen and oxygen atoms in total. The molecule has 0 bridgehead atoms. The number of nitrogens with zero attached hydrogens (tertiary/aromatic N) is 1. The molecule has 3 N–H and O–H groups in total. The van der Waals surface area contributed by atoms with Gasteiger partial charge in [-0.1, -0.05) is 29.7 Å². The van der Waals surface area contributed by atoms with Gasteiger partial charge in [0, 0.05) is 0 Å². The van der Waals surface area contributed by atoms with E-state index in [9.17, 15) is 0 Å². The molecule has 0 heterocycles. The van der Waals surface area contributed by atoms with Gasteiger partial charge in [0.05, 0.1) is 16.7 Å². The van der Waals surface area contributed by atoms with Crippen LogP contribution in [0.25, 0.3) is 0 Å². The number of halogens is 1. The molecule has 1 aliphatic rings. The average molecular weight is 283 g/mol. The minimum atomic E-state index is -0.0234. The van der Waals surface area contributed by atoms with Crippen LogP contribution in [0.5, 0.6) is 5.75 Å². The Morgan fingerprint density at radius 1 is 1.37 bits per heavy atom. The second-order valence-corrected chi connectivity index (χ2v) is 5.51. The Kier molecular flexibility index (Phi) is 4.53. The summed E-state index contributed by atoms with van der Waals surface area (Å²) in [7, 11) is 0. The Morgan fingerprint density at radius 2 is 2.05 bits per heavy atom. The third-order valence-electron chi connectivity index (χ3n) is 3.60. The van der Waals surface area contributed by atoms with E-state index in [1.165, 1.54) is 12.8 Å². The van der Waals surface area contributed by atoms with E-state index in [1.807, 2.05) is 0 Å². The molecule has 0 unspecified atom stereocenters. The highest BCUT2D eigenvalue weighted by atomic mass is 35.5. The van der Waals surface area contributed by atoms with Crippen molar-refractivity contribution in [2.45, 2.75) is 38.7 Å². The zero-order valence-corrected chi connectivity index (χ0v) is 11.7. The first kappa shape index (κ1) is 14.0. The monoisotopic (exact) mass is 282 g/mol. The molecule has 1 aliphatic carbocycles. The molecule has 19 heavy (non-hydrogen) atoms. The van der Waals surface area contributed by atoms with Gasteiger partial charge >= 0.3 is 0 Å². The number of hydrogen-bond donors (Lipinski definition) is 2. The smallest absolute Gasteiger partial charge is 0.175 e. The molecule has 0 saturated heterocycles. The van der Waals surface area contributed by atoms with E-state index < -0.39 is 0 Å². The molecule has 0 amide bonds. The van der Waals surface area contributed by atoms with Crippen LogP contribution in [0.4, 0.5) is 0 Å². The predicted molar refractivity (Wildman–Crippen MR) is 76.0 cm³/mol. The van der Waals surface area contributed by atoms with Gasteiger partial charge in [0.15, 0.2) is 5.84 Å². The maximum Gasteiger partial charge on any atom is 0.175 e. The number of rotatable bonds is 3. The zero-order chi connectivity index (χ0) is 13.8. The maximum atomic E-state index is 8.83. The van der Waals surface area contributed by atoms with E-state index in [0.29, 0.717) is 16.3 Å². The summed E-state index contributed by atoms with van der Waals surface area (Å²) >= 11 is 6.09. The highest BCUT2D eigenvalue weighted by molar-refractivity contribution is 6.34. The van der Waals surface area contributed by atoms with E-state index in [1.54, 1.807) is 18.2 Å². The van der Waals surface area contributed by atoms with Gasteiger partial charge in [0.2, 0.25) is 0 Å². The fraction of sp³-hybridized carbons (Fsp3) is 0.500. The Morgan fingerprint density at radius 3 is 2.68 bits per heavy atom. The number of hydrogen-bond acceptors (Lipinski definition) is 3. The van der Waals surface area contributed by atoms with Gasteiger partial charge in [0.1, 0.15) is 5.75 Å². The number of ether oxygens (including phenoxy) is 1. The maximum absolute atomic E-state index is 8.83. The van der Waals surface area contributed by atoms with Gasteiger partial charge in [-0.15, -0.1) is 0 Å². The molecule has 0 aliphatic heterocycles. The normalized spacial score (nSPS) is 24.2. The summed E-state index contributed by atoms with van der Waals surface area (Å²) in [5.74, 6) is 1.33. The molecule has 5 heteroatoms. The Balaban J connectivity index is 2.18. The highest BCUT2D eigenvalue weighted by Gasteiger charge is 2.22. The second kappa shape index (κ2) is 6.15. The summed E-state index contributed by atoms with van der Waals surface area (Å²) in [5.41, 5.74) is 6.12. The Bertz CT molecular complexity index is 469. The fourth-order valence-electron chi connectivity index (χ4n) is 2.43. The van der Waals surface area contributed by atoms with Crippen LogP contribution in [-0.2, 0) is 0 Å². The molecule has 0 spiro atoms. The Labute approximate surface area is 118 Å². The van der Waals surface area contributed by atoms with Gasteiger partial charge < -0.3 is 15.7 Å². The number of nitrogens with two attached hydrogens (primary N) is 1. The van der Waals surface area contributed by atoms with Crippen molar-refractivity contribution in [3.63, 3.8) is 0 Å². The third-order valence-corrected chi connectivity index (χ3v) is 3.91. The molecular weight excluding hydrogens is 264 g/mol. The van der Waals surface area contributed by atoms with Crippen molar-refractivity contribution in [2.24, 2.45) is 16.8 Å². The summed E-state index contributed by atoms with van der Waals surface area (Å²) in [6.45, 7) is 2.26. The van der Waals surface area contributed by atoms with Crippen molar-refractivity contribution in [1.82, 2.24) is 0 Å². The van der Waals surface area contributed by atoms with Crippen molar-refractivity contribution in [2.75, 3.05) is 0 Å². The van der Waals surface area contributed by atoms with Gasteiger partial charge in [-0.2, -0.15) is 0 Å². The molecule has 1 aromatic rings. The minimum absolute atomic E-state index is 0.0234. The van der Waals surface area contributed by atoms with Gasteiger partial charge in [-0.3, -0.25) is 0 Å². The van der Waals surface area contributed by atoms with Crippen LogP contribution in [0.15, 0.2) is 23.4 Å².